The van der Waals surface area contributed by atoms with Gasteiger partial charge in [0.05, 0.1) is 0 Å². The minimum absolute atomic E-state index is 0. The third-order valence-electron chi connectivity index (χ3n) is 4.07. The van der Waals surface area contributed by atoms with Crippen LogP contribution < -0.4 is 0 Å². The summed E-state index contributed by atoms with van der Waals surface area (Å²) in [6.45, 7) is 11.6. The molecule has 0 heterocycles. The van der Waals surface area contributed by atoms with Gasteiger partial charge in [-0.15, -0.1) is 0 Å². The van der Waals surface area contributed by atoms with Crippen LogP contribution in [0.3, 0.4) is 0 Å². The van der Waals surface area contributed by atoms with Crippen molar-refractivity contribution >= 4 is 40.9 Å². The van der Waals surface area contributed by atoms with E-state index in [2.05, 4.69) is 34.6 Å². The van der Waals surface area contributed by atoms with E-state index in [0.29, 0.717) is 0 Å². The fourth-order valence-electron chi connectivity index (χ4n) is 2.38. The molecule has 24 heavy (non-hydrogen) atoms. The normalized spacial score (nSPS) is 9.42. The maximum absolute atomic E-state index is 2.33. The van der Waals surface area contributed by atoms with Gasteiger partial charge in [-0.2, -0.15) is 0 Å². The van der Waals surface area contributed by atoms with Crippen molar-refractivity contribution in [2.45, 2.75) is 121 Å². The van der Waals surface area contributed by atoms with Crippen LogP contribution in [0, 0.1) is 0 Å². The summed E-state index contributed by atoms with van der Waals surface area (Å²) in [4.78, 5) is 0. The number of rotatable bonds is 15. The van der Waals surface area contributed by atoms with E-state index in [4.69, 9.17) is 0 Å². The SMILES string of the molecule is CCC[CH2][Sn+2][CH2]CCC.CCC[CH2][Sn]([CH2]CCC)[CH2]CCC.O.[O-2]. The van der Waals surface area contributed by atoms with Gasteiger partial charge in [-0.05, 0) is 0 Å². The summed E-state index contributed by atoms with van der Waals surface area (Å²) in [5.41, 5.74) is 0. The van der Waals surface area contributed by atoms with Gasteiger partial charge in [0.1, 0.15) is 0 Å². The van der Waals surface area contributed by atoms with Crippen LogP contribution in [0.1, 0.15) is 98.8 Å². The molecule has 2 nitrogen and oxygen atoms in total. The summed E-state index contributed by atoms with van der Waals surface area (Å²) >= 11 is -0.690. The third-order valence-corrected chi connectivity index (χ3v) is 17.2. The first-order valence-electron chi connectivity index (χ1n) is 10.3. The van der Waals surface area contributed by atoms with Crippen LogP contribution in [0.5, 0.6) is 0 Å². The standard InChI is InChI=1S/5C4H9.H2O.O.2Sn/c5*1-3-4-2;;;;/h5*1,3-4H2,2H3;1H2;;;/q;;;;;;-2;;+2. The molecule has 147 valence electrons. The Kier molecular flexibility index (Phi) is 44.5. The molecule has 0 bridgehead atoms. The zero-order chi connectivity index (χ0) is 16.9. The third kappa shape index (κ3) is 31.3. The van der Waals surface area contributed by atoms with Gasteiger partial charge in [0, 0.05) is 0 Å². The largest absolute Gasteiger partial charge is 2.00 e. The average molecular weight is 557 g/mol. The molecule has 0 aliphatic carbocycles. The van der Waals surface area contributed by atoms with Crippen molar-refractivity contribution < 1.29 is 11.0 Å². The number of unbranched alkanes of at least 4 members (excludes halogenated alkanes) is 5. The Morgan fingerprint density at radius 1 is 0.542 bits per heavy atom. The van der Waals surface area contributed by atoms with Gasteiger partial charge in [0.15, 0.2) is 0 Å². The molecule has 0 amide bonds. The van der Waals surface area contributed by atoms with E-state index >= 15 is 0 Å². The van der Waals surface area contributed by atoms with Crippen molar-refractivity contribution in [3.05, 3.63) is 0 Å². The van der Waals surface area contributed by atoms with Crippen LogP contribution in [-0.4, -0.2) is 46.4 Å². The topological polar surface area (TPSA) is 60.0 Å². The smallest absolute Gasteiger partial charge is 0.412 e. The van der Waals surface area contributed by atoms with Crippen molar-refractivity contribution in [2.75, 3.05) is 0 Å². The maximum Gasteiger partial charge on any atom is -0.412 e. The molecule has 4 heteroatoms. The fourth-order valence-corrected chi connectivity index (χ4v) is 16.0. The first-order chi connectivity index (χ1) is 10.8. The average Bonchev–Trinajstić information content (AvgIpc) is 2.55. The molecule has 0 aromatic heterocycles. The molecule has 0 atom stereocenters. The first-order valence-corrected chi connectivity index (χ1v) is 20.4. The summed E-state index contributed by atoms with van der Waals surface area (Å²) in [7, 11) is 0. The van der Waals surface area contributed by atoms with E-state index in [1.54, 1.807) is 22.2 Å². The molecule has 0 aliphatic rings. The minimum atomic E-state index is -0.839. The molecule has 0 saturated heterocycles. The molecule has 1 radical (unpaired) electrons. The minimum Gasteiger partial charge on any atom is -2.00 e. The summed E-state index contributed by atoms with van der Waals surface area (Å²) in [6, 6.07) is 0. The van der Waals surface area contributed by atoms with E-state index in [1.807, 2.05) is 0 Å². The van der Waals surface area contributed by atoms with Gasteiger partial charge >= 0.3 is 162 Å². The van der Waals surface area contributed by atoms with Gasteiger partial charge in [0.25, 0.3) is 0 Å². The summed E-state index contributed by atoms with van der Waals surface area (Å²) in [6.07, 6.45) is 14.7. The van der Waals surface area contributed by atoms with Crippen molar-refractivity contribution in [3.8, 4) is 0 Å². The molecule has 0 spiro atoms. The van der Waals surface area contributed by atoms with Crippen LogP contribution in [0.15, 0.2) is 0 Å². The Balaban J connectivity index is -0.000000162. The number of hydrogen-bond acceptors (Lipinski definition) is 0. The van der Waals surface area contributed by atoms with Gasteiger partial charge < -0.3 is 11.0 Å². The Labute approximate surface area is 171 Å². The quantitative estimate of drug-likeness (QED) is 0.153. The second kappa shape index (κ2) is 32.2. The second-order valence-electron chi connectivity index (χ2n) is 6.52. The van der Waals surface area contributed by atoms with E-state index in [0.717, 1.165) is 0 Å². The van der Waals surface area contributed by atoms with E-state index in [9.17, 15) is 0 Å². The van der Waals surface area contributed by atoms with Crippen molar-refractivity contribution in [2.24, 2.45) is 0 Å². The predicted octanol–water partition coefficient (Wildman–Crippen LogP) is 7.07. The molecule has 0 fully saturated rings. The maximum atomic E-state index is 2.33. The monoisotopic (exact) mass is 559 g/mol. The molecule has 0 saturated carbocycles. The summed E-state index contributed by atoms with van der Waals surface area (Å²) in [5.74, 6) is 0. The zero-order valence-electron chi connectivity index (χ0n) is 17.5. The predicted molar refractivity (Wildman–Crippen MR) is 114 cm³/mol. The van der Waals surface area contributed by atoms with Gasteiger partial charge in [-0.25, -0.2) is 0 Å². The Morgan fingerprint density at radius 3 is 1.08 bits per heavy atom. The molecular formula is C20H47O2Sn2. The van der Waals surface area contributed by atoms with Crippen LogP contribution in [0.4, 0.5) is 0 Å². The van der Waals surface area contributed by atoms with Crippen molar-refractivity contribution in [1.82, 2.24) is 0 Å². The first kappa shape index (κ1) is 33.1. The van der Waals surface area contributed by atoms with E-state index < -0.39 is 19.8 Å². The zero-order valence-corrected chi connectivity index (χ0v) is 23.2. The molecule has 0 aliphatic heterocycles. The Morgan fingerprint density at radius 2 is 0.833 bits per heavy atom. The van der Waals surface area contributed by atoms with Gasteiger partial charge in [-0.3, -0.25) is 0 Å². The fraction of sp³-hybridized carbons (Fsp3) is 1.00. The van der Waals surface area contributed by atoms with Crippen LogP contribution in [0.2, 0.25) is 22.2 Å². The van der Waals surface area contributed by atoms with E-state index in [-0.39, 0.29) is 32.1 Å². The van der Waals surface area contributed by atoms with Crippen molar-refractivity contribution in [3.63, 3.8) is 0 Å². The summed E-state index contributed by atoms with van der Waals surface area (Å²) in [5, 5.41) is 0. The van der Waals surface area contributed by atoms with Crippen molar-refractivity contribution in [1.29, 1.82) is 0 Å². The van der Waals surface area contributed by atoms with Gasteiger partial charge in [-0.1, -0.05) is 0 Å². The van der Waals surface area contributed by atoms with Crippen LogP contribution >= 0.6 is 0 Å². The molecule has 2 N–H and O–H groups in total. The second-order valence-corrected chi connectivity index (χ2v) is 19.4. The summed E-state index contributed by atoms with van der Waals surface area (Å²) < 4.78 is 8.29. The Hall–Kier alpha value is 1.52. The molecular weight excluding hydrogens is 510 g/mol. The van der Waals surface area contributed by atoms with Crippen LogP contribution in [0.25, 0.3) is 0 Å². The number of hydrogen-bond donors (Lipinski definition) is 0. The molecule has 0 aromatic carbocycles. The van der Waals surface area contributed by atoms with Crippen LogP contribution in [-0.2, 0) is 5.48 Å². The molecule has 0 unspecified atom stereocenters. The van der Waals surface area contributed by atoms with Gasteiger partial charge in [0.2, 0.25) is 0 Å². The Bertz CT molecular complexity index is 156. The van der Waals surface area contributed by atoms with E-state index in [1.165, 1.54) is 64.2 Å². The molecule has 0 aromatic rings. The molecule has 0 rings (SSSR count).